The van der Waals surface area contributed by atoms with Gasteiger partial charge in [0.15, 0.2) is 0 Å². The highest BCUT2D eigenvalue weighted by Crippen LogP contribution is 2.68. The van der Waals surface area contributed by atoms with Crippen LogP contribution in [0.1, 0.15) is 71.9 Å². The van der Waals surface area contributed by atoms with Crippen LogP contribution < -0.4 is 0 Å². The highest BCUT2D eigenvalue weighted by atomic mass is 14.6. The minimum Gasteiger partial charge on any atom is -0.0620 e. The van der Waals surface area contributed by atoms with E-state index in [4.69, 9.17) is 0 Å². The molecule has 21 heavy (non-hydrogen) atoms. The first-order valence-electron chi connectivity index (χ1n) is 8.74. The van der Waals surface area contributed by atoms with Crippen molar-refractivity contribution in [2.75, 3.05) is 0 Å². The molecule has 0 spiro atoms. The Morgan fingerprint density at radius 2 is 1.76 bits per heavy atom. The second kappa shape index (κ2) is 4.61. The lowest BCUT2D eigenvalue weighted by Gasteiger charge is -2.40. The Morgan fingerprint density at radius 3 is 2.29 bits per heavy atom. The van der Waals surface area contributed by atoms with E-state index >= 15 is 0 Å². The highest BCUT2D eigenvalue weighted by Gasteiger charge is 2.60. The molecule has 0 saturated heterocycles. The van der Waals surface area contributed by atoms with Crippen molar-refractivity contribution in [1.29, 1.82) is 0 Å². The van der Waals surface area contributed by atoms with E-state index < -0.39 is 0 Å². The minimum absolute atomic E-state index is 0.255. The first-order chi connectivity index (χ1) is 9.66. The average Bonchev–Trinajstić information content (AvgIpc) is 2.71. The Kier molecular flexibility index (Phi) is 3.32. The Hall–Kier alpha value is -0.780. The summed E-state index contributed by atoms with van der Waals surface area (Å²) >= 11 is 0. The molecule has 0 N–H and O–H groups in total. The van der Waals surface area contributed by atoms with Crippen molar-refractivity contribution in [2.24, 2.45) is 22.7 Å². The highest BCUT2D eigenvalue weighted by molar-refractivity contribution is 5.34. The van der Waals surface area contributed by atoms with Crippen LogP contribution in [0.5, 0.6) is 0 Å². The molecule has 0 nitrogen and oxygen atoms in total. The Balaban J connectivity index is 1.90. The molecule has 116 valence electrons. The molecular formula is C21H32. The van der Waals surface area contributed by atoms with Gasteiger partial charge in [-0.2, -0.15) is 0 Å². The van der Waals surface area contributed by atoms with Gasteiger partial charge in [0.2, 0.25) is 0 Å². The summed E-state index contributed by atoms with van der Waals surface area (Å²) < 4.78 is 0. The summed E-state index contributed by atoms with van der Waals surface area (Å²) in [6, 6.07) is 9.15. The fourth-order valence-electron chi connectivity index (χ4n) is 5.37. The second-order valence-electron chi connectivity index (χ2n) is 9.42. The molecule has 1 aromatic rings. The van der Waals surface area contributed by atoms with Crippen LogP contribution in [0.3, 0.4) is 0 Å². The zero-order valence-corrected chi connectivity index (χ0v) is 14.8. The monoisotopic (exact) mass is 284 g/mol. The molecule has 2 saturated carbocycles. The van der Waals surface area contributed by atoms with Crippen molar-refractivity contribution in [2.45, 2.75) is 72.6 Å². The lowest BCUT2D eigenvalue weighted by molar-refractivity contribution is 0.102. The van der Waals surface area contributed by atoms with E-state index in [9.17, 15) is 0 Å². The third-order valence-electron chi connectivity index (χ3n) is 7.27. The normalized spacial score (nSPS) is 34.4. The summed E-state index contributed by atoms with van der Waals surface area (Å²) in [5.41, 5.74) is 4.48. The molecule has 1 aromatic carbocycles. The molecule has 0 amide bonds. The van der Waals surface area contributed by atoms with Crippen LogP contribution in [0.15, 0.2) is 24.3 Å². The molecule has 2 bridgehead atoms. The Morgan fingerprint density at radius 1 is 1.10 bits per heavy atom. The SMILES string of the molecule is CC(C)(C)c1ccccc1CC1C[C@@H]2CC[C@@]1(C)C2(C)C. The average molecular weight is 284 g/mol. The molecule has 0 aromatic heterocycles. The first kappa shape index (κ1) is 15.1. The van der Waals surface area contributed by atoms with Gasteiger partial charge in [-0.1, -0.05) is 65.8 Å². The second-order valence-corrected chi connectivity index (χ2v) is 9.42. The van der Waals surface area contributed by atoms with E-state index in [1.807, 2.05) is 0 Å². The summed E-state index contributed by atoms with van der Waals surface area (Å²) in [7, 11) is 0. The van der Waals surface area contributed by atoms with Gasteiger partial charge >= 0.3 is 0 Å². The molecule has 3 rings (SSSR count). The fourth-order valence-corrected chi connectivity index (χ4v) is 5.37. The van der Waals surface area contributed by atoms with Crippen LogP contribution in [0.25, 0.3) is 0 Å². The van der Waals surface area contributed by atoms with Gasteiger partial charge in [0, 0.05) is 0 Å². The predicted octanol–water partition coefficient (Wildman–Crippen LogP) is 5.99. The van der Waals surface area contributed by atoms with Gasteiger partial charge in [-0.25, -0.2) is 0 Å². The lowest BCUT2D eigenvalue weighted by Crippen LogP contribution is -2.33. The topological polar surface area (TPSA) is 0 Å². The van der Waals surface area contributed by atoms with Crippen molar-refractivity contribution in [3.63, 3.8) is 0 Å². The molecule has 0 aliphatic heterocycles. The van der Waals surface area contributed by atoms with Gasteiger partial charge in [0.25, 0.3) is 0 Å². The van der Waals surface area contributed by atoms with E-state index in [-0.39, 0.29) is 5.41 Å². The minimum atomic E-state index is 0.255. The number of rotatable bonds is 2. The third kappa shape index (κ3) is 2.17. The molecule has 1 unspecified atom stereocenters. The van der Waals surface area contributed by atoms with Gasteiger partial charge in [-0.3, -0.25) is 0 Å². The smallest absolute Gasteiger partial charge is 0.0129 e. The number of benzene rings is 1. The van der Waals surface area contributed by atoms with Crippen LogP contribution in [0.4, 0.5) is 0 Å². The summed E-state index contributed by atoms with van der Waals surface area (Å²) in [5.74, 6) is 1.82. The number of hydrogen-bond donors (Lipinski definition) is 0. The maximum absolute atomic E-state index is 2.57. The van der Waals surface area contributed by atoms with Crippen molar-refractivity contribution < 1.29 is 0 Å². The third-order valence-corrected chi connectivity index (χ3v) is 7.27. The van der Waals surface area contributed by atoms with E-state index in [0.717, 1.165) is 11.8 Å². The molecule has 2 aliphatic rings. The van der Waals surface area contributed by atoms with E-state index in [1.165, 1.54) is 25.7 Å². The van der Waals surface area contributed by atoms with Crippen LogP contribution >= 0.6 is 0 Å². The summed E-state index contributed by atoms with van der Waals surface area (Å²) in [6.45, 7) is 14.7. The Bertz CT molecular complexity index is 531. The quantitative estimate of drug-likeness (QED) is 0.626. The first-order valence-corrected chi connectivity index (χ1v) is 8.74. The standard InChI is InChI=1S/C21H32/c1-19(2,3)18-10-8-7-9-15(18)13-17-14-16-11-12-21(17,6)20(16,4)5/h7-10,16-17H,11-14H2,1-6H3/t16-,17?,21+/m0/s1. The molecule has 0 radical (unpaired) electrons. The maximum Gasteiger partial charge on any atom is -0.0129 e. The maximum atomic E-state index is 2.57. The van der Waals surface area contributed by atoms with Crippen molar-refractivity contribution in [3.05, 3.63) is 35.4 Å². The molecule has 0 heterocycles. The van der Waals surface area contributed by atoms with Gasteiger partial charge in [0.1, 0.15) is 0 Å². The number of fused-ring (bicyclic) bond motifs is 2. The van der Waals surface area contributed by atoms with Crippen LogP contribution in [0, 0.1) is 22.7 Å². The molecular weight excluding hydrogens is 252 g/mol. The lowest BCUT2D eigenvalue weighted by atomic mass is 9.65. The summed E-state index contributed by atoms with van der Waals surface area (Å²) in [6.07, 6.45) is 5.62. The van der Waals surface area contributed by atoms with Crippen molar-refractivity contribution in [3.8, 4) is 0 Å². The summed E-state index contributed by atoms with van der Waals surface area (Å²) in [5, 5.41) is 0. The molecule has 2 fully saturated rings. The molecule has 2 aliphatic carbocycles. The zero-order chi connectivity index (χ0) is 15.5. The van der Waals surface area contributed by atoms with Crippen molar-refractivity contribution >= 4 is 0 Å². The van der Waals surface area contributed by atoms with Gasteiger partial charge in [-0.05, 0) is 64.9 Å². The molecule has 3 atom stereocenters. The van der Waals surface area contributed by atoms with E-state index in [0.29, 0.717) is 10.8 Å². The fraction of sp³-hybridized carbons (Fsp3) is 0.714. The van der Waals surface area contributed by atoms with Crippen LogP contribution in [-0.2, 0) is 11.8 Å². The van der Waals surface area contributed by atoms with Gasteiger partial charge in [-0.15, -0.1) is 0 Å². The van der Waals surface area contributed by atoms with Crippen molar-refractivity contribution in [1.82, 2.24) is 0 Å². The Labute approximate surface area is 131 Å². The van der Waals surface area contributed by atoms with Crippen LogP contribution in [0.2, 0.25) is 0 Å². The molecule has 0 heteroatoms. The zero-order valence-electron chi connectivity index (χ0n) is 14.8. The van der Waals surface area contributed by atoms with Crippen LogP contribution in [-0.4, -0.2) is 0 Å². The van der Waals surface area contributed by atoms with E-state index in [2.05, 4.69) is 65.8 Å². The summed E-state index contributed by atoms with van der Waals surface area (Å²) in [4.78, 5) is 0. The van der Waals surface area contributed by atoms with E-state index in [1.54, 1.807) is 11.1 Å². The van der Waals surface area contributed by atoms with Gasteiger partial charge < -0.3 is 0 Å². The predicted molar refractivity (Wildman–Crippen MR) is 91.6 cm³/mol. The van der Waals surface area contributed by atoms with Gasteiger partial charge in [0.05, 0.1) is 0 Å². The number of hydrogen-bond acceptors (Lipinski definition) is 0. The largest absolute Gasteiger partial charge is 0.0620 e.